The Kier molecular flexibility index (Phi) is 7.63. The Bertz CT molecular complexity index is 798. The van der Waals surface area contributed by atoms with Crippen molar-refractivity contribution in [2.75, 3.05) is 32.8 Å². The average Bonchev–Trinajstić information content (AvgIpc) is 2.75. The number of benzene rings is 1. The van der Waals surface area contributed by atoms with Crippen molar-refractivity contribution < 1.29 is 22.7 Å². The van der Waals surface area contributed by atoms with Crippen molar-refractivity contribution in [3.05, 3.63) is 29.8 Å². The van der Waals surface area contributed by atoms with Crippen LogP contribution in [0.5, 0.6) is 0 Å². The van der Waals surface area contributed by atoms with Crippen molar-refractivity contribution in [2.24, 2.45) is 0 Å². The molecule has 2 amide bonds. The summed E-state index contributed by atoms with van der Waals surface area (Å²) in [4.78, 5) is 24.2. The van der Waals surface area contributed by atoms with Crippen LogP contribution in [0.1, 0.15) is 37.7 Å². The van der Waals surface area contributed by atoms with Gasteiger partial charge in [-0.25, -0.2) is 8.42 Å². The fraction of sp³-hybridized carbons (Fsp3) is 0.600. The minimum atomic E-state index is -3.51. The number of morpholine rings is 1. The first-order valence-corrected chi connectivity index (χ1v) is 11.7. The maximum Gasteiger partial charge on any atom is 0.309 e. The van der Waals surface area contributed by atoms with Gasteiger partial charge in [0.1, 0.15) is 0 Å². The lowest BCUT2D eigenvalue weighted by molar-refractivity contribution is -0.139. The molecule has 1 saturated carbocycles. The van der Waals surface area contributed by atoms with Crippen molar-refractivity contribution in [2.45, 2.75) is 49.5 Å². The molecule has 0 radical (unpaired) electrons. The molecule has 0 unspecified atom stereocenters. The van der Waals surface area contributed by atoms with Crippen LogP contribution in [0.25, 0.3) is 0 Å². The highest BCUT2D eigenvalue weighted by Gasteiger charge is 2.26. The minimum absolute atomic E-state index is 0.1000. The number of carbonyl (C=O) groups excluding carboxylic acids is 2. The van der Waals surface area contributed by atoms with Crippen molar-refractivity contribution in [1.29, 1.82) is 0 Å². The van der Waals surface area contributed by atoms with E-state index in [-0.39, 0.29) is 10.9 Å². The summed E-state index contributed by atoms with van der Waals surface area (Å²) in [5.41, 5.74) is 0.888. The van der Waals surface area contributed by atoms with E-state index < -0.39 is 21.8 Å². The second-order valence-corrected chi connectivity index (χ2v) is 9.41. The third-order valence-electron chi connectivity index (χ3n) is 5.38. The maximum atomic E-state index is 12.6. The predicted molar refractivity (Wildman–Crippen MR) is 108 cm³/mol. The number of hydrogen-bond donors (Lipinski definition) is 2. The van der Waals surface area contributed by atoms with Gasteiger partial charge in [-0.2, -0.15) is 4.31 Å². The molecule has 8 nitrogen and oxygen atoms in total. The zero-order chi connectivity index (χ0) is 20.7. The molecule has 160 valence electrons. The summed E-state index contributed by atoms with van der Waals surface area (Å²) >= 11 is 0. The van der Waals surface area contributed by atoms with E-state index >= 15 is 0 Å². The second-order valence-electron chi connectivity index (χ2n) is 7.47. The van der Waals surface area contributed by atoms with Gasteiger partial charge in [-0.1, -0.05) is 31.4 Å². The Morgan fingerprint density at radius 3 is 2.31 bits per heavy atom. The number of carbonyl (C=O) groups is 2. The molecule has 9 heteroatoms. The third-order valence-corrected chi connectivity index (χ3v) is 7.29. The Balaban J connectivity index is 1.45. The van der Waals surface area contributed by atoms with Crippen LogP contribution in [0.4, 0.5) is 0 Å². The third kappa shape index (κ3) is 6.01. The summed E-state index contributed by atoms with van der Waals surface area (Å²) in [6.45, 7) is 1.85. The van der Waals surface area contributed by atoms with Gasteiger partial charge in [0.2, 0.25) is 10.0 Å². The standard InChI is InChI=1S/C20H29N3O5S/c24-19(20(25)22-17-4-2-1-3-5-17)21-11-10-16-6-8-18(9-7-16)29(26,27)23-12-14-28-15-13-23/h6-9,17H,1-5,10-15H2,(H,21,24)(H,22,25). The largest absolute Gasteiger partial charge is 0.379 e. The lowest BCUT2D eigenvalue weighted by Crippen LogP contribution is -2.45. The van der Waals surface area contributed by atoms with Gasteiger partial charge in [0.05, 0.1) is 18.1 Å². The molecular formula is C20H29N3O5S. The van der Waals surface area contributed by atoms with E-state index in [0.717, 1.165) is 31.2 Å². The SMILES string of the molecule is O=C(NCCc1ccc(S(=O)(=O)N2CCOCC2)cc1)C(=O)NC1CCCCC1. The monoisotopic (exact) mass is 423 g/mol. The van der Waals surface area contributed by atoms with E-state index in [4.69, 9.17) is 4.74 Å². The Morgan fingerprint density at radius 2 is 1.66 bits per heavy atom. The van der Waals surface area contributed by atoms with E-state index in [2.05, 4.69) is 10.6 Å². The van der Waals surface area contributed by atoms with Crippen molar-refractivity contribution in [1.82, 2.24) is 14.9 Å². The fourth-order valence-electron chi connectivity index (χ4n) is 3.66. The highest BCUT2D eigenvalue weighted by atomic mass is 32.2. The van der Waals surface area contributed by atoms with Gasteiger partial charge in [-0.15, -0.1) is 0 Å². The summed E-state index contributed by atoms with van der Waals surface area (Å²) in [6.07, 6.45) is 5.73. The molecule has 0 aromatic heterocycles. The molecule has 1 aliphatic heterocycles. The maximum absolute atomic E-state index is 12.6. The van der Waals surface area contributed by atoms with E-state index in [0.29, 0.717) is 39.3 Å². The Morgan fingerprint density at radius 1 is 1.00 bits per heavy atom. The topological polar surface area (TPSA) is 105 Å². The number of ether oxygens (including phenoxy) is 1. The summed E-state index contributed by atoms with van der Waals surface area (Å²) < 4.78 is 31.8. The van der Waals surface area contributed by atoms with E-state index in [1.807, 2.05) is 0 Å². The zero-order valence-corrected chi connectivity index (χ0v) is 17.4. The van der Waals surface area contributed by atoms with E-state index in [9.17, 15) is 18.0 Å². The molecule has 1 aromatic rings. The minimum Gasteiger partial charge on any atom is -0.379 e. The molecule has 1 heterocycles. The lowest BCUT2D eigenvalue weighted by atomic mass is 9.95. The van der Waals surface area contributed by atoms with Crippen molar-refractivity contribution in [3.63, 3.8) is 0 Å². The smallest absolute Gasteiger partial charge is 0.309 e. The average molecular weight is 424 g/mol. The predicted octanol–water partition coefficient (Wildman–Crippen LogP) is 0.815. The zero-order valence-electron chi connectivity index (χ0n) is 16.6. The van der Waals surface area contributed by atoms with Crippen LogP contribution in [0, 0.1) is 0 Å². The molecule has 1 saturated heterocycles. The highest BCUT2D eigenvalue weighted by molar-refractivity contribution is 7.89. The molecule has 3 rings (SSSR count). The summed E-state index contributed by atoms with van der Waals surface area (Å²) in [5.74, 6) is -1.20. The molecule has 2 fully saturated rings. The molecule has 0 atom stereocenters. The van der Waals surface area contributed by atoms with Crippen LogP contribution in [-0.4, -0.2) is 63.4 Å². The van der Waals surface area contributed by atoms with Crippen molar-refractivity contribution in [3.8, 4) is 0 Å². The molecule has 1 aromatic carbocycles. The van der Waals surface area contributed by atoms with E-state index in [1.165, 1.54) is 10.7 Å². The van der Waals surface area contributed by atoms with Gasteiger partial charge in [0.25, 0.3) is 0 Å². The first-order chi connectivity index (χ1) is 14.0. The van der Waals surface area contributed by atoms with Gasteiger partial charge in [0, 0.05) is 25.7 Å². The Labute approximate surface area is 172 Å². The number of nitrogens with zero attached hydrogens (tertiary/aromatic N) is 1. The van der Waals surface area contributed by atoms with Crippen molar-refractivity contribution >= 4 is 21.8 Å². The van der Waals surface area contributed by atoms with Gasteiger partial charge in [-0.3, -0.25) is 9.59 Å². The molecule has 2 N–H and O–H groups in total. The first-order valence-electron chi connectivity index (χ1n) is 10.2. The number of sulfonamides is 1. The lowest BCUT2D eigenvalue weighted by Gasteiger charge is -2.26. The molecule has 29 heavy (non-hydrogen) atoms. The number of nitrogens with one attached hydrogen (secondary N) is 2. The van der Waals surface area contributed by atoms with Crippen LogP contribution in [0.2, 0.25) is 0 Å². The van der Waals surface area contributed by atoms with Crippen LogP contribution in [-0.2, 0) is 30.8 Å². The van der Waals surface area contributed by atoms with Gasteiger partial charge >= 0.3 is 11.8 Å². The number of amides is 2. The van der Waals surface area contributed by atoms with Crippen LogP contribution in [0.3, 0.4) is 0 Å². The molecule has 1 aliphatic carbocycles. The molecular weight excluding hydrogens is 394 g/mol. The summed E-state index contributed by atoms with van der Waals surface area (Å²) in [7, 11) is -3.51. The molecule has 2 aliphatic rings. The van der Waals surface area contributed by atoms with Crippen LogP contribution < -0.4 is 10.6 Å². The van der Waals surface area contributed by atoms with Gasteiger partial charge in [0.15, 0.2) is 0 Å². The Hall–Kier alpha value is -1.97. The van der Waals surface area contributed by atoms with Gasteiger partial charge in [-0.05, 0) is 37.0 Å². The second kappa shape index (κ2) is 10.2. The van der Waals surface area contributed by atoms with Crippen LogP contribution in [0.15, 0.2) is 29.2 Å². The highest BCUT2D eigenvalue weighted by Crippen LogP contribution is 2.18. The normalized spacial score (nSPS) is 18.9. The van der Waals surface area contributed by atoms with Crippen LogP contribution >= 0.6 is 0 Å². The molecule has 0 bridgehead atoms. The molecule has 0 spiro atoms. The fourth-order valence-corrected chi connectivity index (χ4v) is 5.07. The number of hydrogen-bond acceptors (Lipinski definition) is 5. The van der Waals surface area contributed by atoms with Gasteiger partial charge < -0.3 is 15.4 Å². The summed E-state index contributed by atoms with van der Waals surface area (Å²) in [6, 6.07) is 6.74. The summed E-state index contributed by atoms with van der Waals surface area (Å²) in [5, 5.41) is 5.42. The first kappa shape index (κ1) is 21.7. The van der Waals surface area contributed by atoms with E-state index in [1.54, 1.807) is 24.3 Å². The number of rotatable bonds is 6. The quantitative estimate of drug-likeness (QED) is 0.659.